The number of rotatable bonds is 4. The summed E-state index contributed by atoms with van der Waals surface area (Å²) in [6.45, 7) is 2.59. The van der Waals surface area contributed by atoms with Crippen LogP contribution in [0.2, 0.25) is 0 Å². The largest absolute Gasteiger partial charge is 0.494 e. The van der Waals surface area contributed by atoms with Gasteiger partial charge in [-0.05, 0) is 37.3 Å². The second kappa shape index (κ2) is 7.48. The fourth-order valence-corrected chi connectivity index (χ4v) is 2.31. The van der Waals surface area contributed by atoms with Gasteiger partial charge in [0.25, 0.3) is 0 Å². The highest BCUT2D eigenvalue weighted by molar-refractivity contribution is 5.95. The lowest BCUT2D eigenvalue weighted by Crippen LogP contribution is -1.97. The Morgan fingerprint density at radius 3 is 2.57 bits per heavy atom. The SMILES string of the molecule is CCOc1ccc(Nc2c(C#N)cnc3ccccc23)cc1.Cl. The Morgan fingerprint density at radius 1 is 1.13 bits per heavy atom. The lowest BCUT2D eigenvalue weighted by molar-refractivity contribution is 0.340. The van der Waals surface area contributed by atoms with E-state index in [2.05, 4.69) is 16.4 Å². The topological polar surface area (TPSA) is 57.9 Å². The number of aromatic nitrogens is 1. The van der Waals surface area contributed by atoms with Crippen LogP contribution in [0.25, 0.3) is 10.9 Å². The van der Waals surface area contributed by atoms with Gasteiger partial charge in [0.15, 0.2) is 0 Å². The molecule has 3 aromatic rings. The van der Waals surface area contributed by atoms with Crippen LogP contribution in [-0.4, -0.2) is 11.6 Å². The number of fused-ring (bicyclic) bond motifs is 1. The number of halogens is 1. The molecule has 116 valence electrons. The van der Waals surface area contributed by atoms with E-state index in [-0.39, 0.29) is 12.4 Å². The smallest absolute Gasteiger partial charge is 0.119 e. The number of anilines is 2. The van der Waals surface area contributed by atoms with E-state index < -0.39 is 0 Å². The maximum Gasteiger partial charge on any atom is 0.119 e. The lowest BCUT2D eigenvalue weighted by Gasteiger charge is -2.12. The summed E-state index contributed by atoms with van der Waals surface area (Å²) >= 11 is 0. The second-order valence-electron chi connectivity index (χ2n) is 4.76. The fourth-order valence-electron chi connectivity index (χ4n) is 2.31. The van der Waals surface area contributed by atoms with Gasteiger partial charge in [0.1, 0.15) is 11.8 Å². The average Bonchev–Trinajstić information content (AvgIpc) is 2.57. The van der Waals surface area contributed by atoms with E-state index in [4.69, 9.17) is 4.74 Å². The Bertz CT molecular complexity index is 841. The zero-order valence-corrected chi connectivity index (χ0v) is 13.4. The Kier molecular flexibility index (Phi) is 5.40. The molecule has 0 bridgehead atoms. The van der Waals surface area contributed by atoms with Crippen molar-refractivity contribution < 1.29 is 4.74 Å². The summed E-state index contributed by atoms with van der Waals surface area (Å²) in [4.78, 5) is 4.31. The van der Waals surface area contributed by atoms with Gasteiger partial charge in [0.05, 0.1) is 23.4 Å². The molecule has 1 aromatic heterocycles. The van der Waals surface area contributed by atoms with Crippen LogP contribution in [0.4, 0.5) is 11.4 Å². The molecule has 0 fully saturated rings. The average molecular weight is 326 g/mol. The summed E-state index contributed by atoms with van der Waals surface area (Å²) in [6, 6.07) is 17.6. The lowest BCUT2D eigenvalue weighted by atomic mass is 10.1. The van der Waals surface area contributed by atoms with Crippen molar-refractivity contribution in [1.29, 1.82) is 5.26 Å². The Hall–Kier alpha value is -2.77. The third kappa shape index (κ3) is 3.53. The van der Waals surface area contributed by atoms with E-state index in [1.165, 1.54) is 0 Å². The van der Waals surface area contributed by atoms with Crippen LogP contribution in [0.3, 0.4) is 0 Å². The van der Waals surface area contributed by atoms with Gasteiger partial charge in [-0.1, -0.05) is 18.2 Å². The second-order valence-corrected chi connectivity index (χ2v) is 4.76. The first-order valence-corrected chi connectivity index (χ1v) is 7.09. The number of pyridine rings is 1. The maximum absolute atomic E-state index is 9.32. The van der Waals surface area contributed by atoms with Crippen LogP contribution in [-0.2, 0) is 0 Å². The van der Waals surface area contributed by atoms with Gasteiger partial charge in [-0.25, -0.2) is 0 Å². The van der Waals surface area contributed by atoms with Gasteiger partial charge in [-0.3, -0.25) is 4.98 Å². The molecule has 0 amide bonds. The minimum absolute atomic E-state index is 0. The van der Waals surface area contributed by atoms with Crippen molar-refractivity contribution in [2.24, 2.45) is 0 Å². The zero-order valence-electron chi connectivity index (χ0n) is 12.6. The van der Waals surface area contributed by atoms with E-state index in [1.807, 2.05) is 55.5 Å². The number of benzene rings is 2. The molecule has 0 aliphatic rings. The van der Waals surface area contributed by atoms with Crippen molar-refractivity contribution in [2.75, 3.05) is 11.9 Å². The highest BCUT2D eigenvalue weighted by Crippen LogP contribution is 2.29. The minimum atomic E-state index is 0. The summed E-state index contributed by atoms with van der Waals surface area (Å²) in [5, 5.41) is 13.6. The predicted octanol–water partition coefficient (Wildman–Crippen LogP) is 4.67. The van der Waals surface area contributed by atoms with E-state index in [0.717, 1.165) is 28.0 Å². The Balaban J connectivity index is 0.00000192. The number of hydrogen-bond donors (Lipinski definition) is 1. The Morgan fingerprint density at radius 2 is 1.87 bits per heavy atom. The summed E-state index contributed by atoms with van der Waals surface area (Å²) in [5.74, 6) is 0.827. The minimum Gasteiger partial charge on any atom is -0.494 e. The fraction of sp³-hybridized carbons (Fsp3) is 0.111. The van der Waals surface area contributed by atoms with E-state index in [1.54, 1.807) is 6.20 Å². The van der Waals surface area contributed by atoms with Gasteiger partial charge < -0.3 is 10.1 Å². The van der Waals surface area contributed by atoms with Gasteiger partial charge in [-0.15, -0.1) is 12.4 Å². The van der Waals surface area contributed by atoms with Crippen LogP contribution < -0.4 is 10.1 Å². The normalized spacial score (nSPS) is 9.74. The van der Waals surface area contributed by atoms with E-state index in [9.17, 15) is 5.26 Å². The van der Waals surface area contributed by atoms with Gasteiger partial charge in [0.2, 0.25) is 0 Å². The molecule has 0 aliphatic carbocycles. The molecule has 3 rings (SSSR count). The number of hydrogen-bond acceptors (Lipinski definition) is 4. The molecule has 0 unspecified atom stereocenters. The molecule has 1 N–H and O–H groups in total. The molecular weight excluding hydrogens is 310 g/mol. The van der Waals surface area contributed by atoms with Gasteiger partial charge in [0, 0.05) is 17.3 Å². The first-order chi connectivity index (χ1) is 10.8. The summed E-state index contributed by atoms with van der Waals surface area (Å²) in [6.07, 6.45) is 1.60. The van der Waals surface area contributed by atoms with E-state index >= 15 is 0 Å². The van der Waals surface area contributed by atoms with Gasteiger partial charge in [-0.2, -0.15) is 5.26 Å². The molecule has 23 heavy (non-hydrogen) atoms. The maximum atomic E-state index is 9.32. The molecule has 0 atom stereocenters. The third-order valence-corrected chi connectivity index (χ3v) is 3.33. The van der Waals surface area contributed by atoms with Crippen LogP contribution in [0.5, 0.6) is 5.75 Å². The molecular formula is C18H16ClN3O. The number of ether oxygens (including phenoxy) is 1. The predicted molar refractivity (Wildman–Crippen MR) is 94.6 cm³/mol. The van der Waals surface area contributed by atoms with Crippen molar-refractivity contribution in [3.05, 3.63) is 60.3 Å². The standard InChI is InChI=1S/C18H15N3O.ClH/c1-2-22-15-9-7-14(8-10-15)21-18-13(11-19)12-20-17-6-4-3-5-16(17)18;/h3-10,12H,2H2,1H3,(H,20,21);1H. The van der Waals surface area contributed by atoms with Crippen LogP contribution in [0.15, 0.2) is 54.7 Å². The molecule has 2 aromatic carbocycles. The summed E-state index contributed by atoms with van der Waals surface area (Å²) in [5.41, 5.74) is 3.05. The highest BCUT2D eigenvalue weighted by atomic mass is 35.5. The van der Waals surface area contributed by atoms with E-state index in [0.29, 0.717) is 12.2 Å². The molecule has 0 radical (unpaired) electrons. The molecule has 0 aliphatic heterocycles. The zero-order chi connectivity index (χ0) is 15.4. The van der Waals surface area contributed by atoms with Crippen molar-refractivity contribution >= 4 is 34.7 Å². The highest BCUT2D eigenvalue weighted by Gasteiger charge is 2.08. The monoisotopic (exact) mass is 325 g/mol. The quantitative estimate of drug-likeness (QED) is 0.757. The molecule has 0 spiro atoms. The van der Waals surface area contributed by atoms with Crippen LogP contribution >= 0.6 is 12.4 Å². The molecule has 1 heterocycles. The number of nitriles is 1. The van der Waals surface area contributed by atoms with Crippen molar-refractivity contribution in [3.63, 3.8) is 0 Å². The van der Waals surface area contributed by atoms with Crippen molar-refractivity contribution in [2.45, 2.75) is 6.92 Å². The molecule has 0 saturated carbocycles. The van der Waals surface area contributed by atoms with Gasteiger partial charge >= 0.3 is 0 Å². The summed E-state index contributed by atoms with van der Waals surface area (Å²) in [7, 11) is 0. The number of nitrogens with one attached hydrogen (secondary N) is 1. The number of nitrogens with zero attached hydrogens (tertiary/aromatic N) is 2. The molecule has 0 saturated heterocycles. The number of para-hydroxylation sites is 1. The molecule has 4 nitrogen and oxygen atoms in total. The van der Waals surface area contributed by atoms with Crippen LogP contribution in [0.1, 0.15) is 12.5 Å². The first-order valence-electron chi connectivity index (χ1n) is 7.09. The summed E-state index contributed by atoms with van der Waals surface area (Å²) < 4.78 is 5.44. The molecule has 5 heteroatoms. The third-order valence-electron chi connectivity index (χ3n) is 3.33. The van der Waals surface area contributed by atoms with Crippen LogP contribution in [0, 0.1) is 11.3 Å². The van der Waals surface area contributed by atoms with Crippen molar-refractivity contribution in [3.8, 4) is 11.8 Å². The van der Waals surface area contributed by atoms with Crippen molar-refractivity contribution in [1.82, 2.24) is 4.98 Å². The first kappa shape index (κ1) is 16.6. The Labute approximate surface area is 141 Å².